The molecule has 4 rings (SSSR count). The third-order valence-corrected chi connectivity index (χ3v) is 5.81. The van der Waals surface area contributed by atoms with Crippen molar-refractivity contribution in [3.63, 3.8) is 0 Å². The summed E-state index contributed by atoms with van der Waals surface area (Å²) in [4.78, 5) is 18.9. The van der Waals surface area contributed by atoms with E-state index in [9.17, 15) is 4.79 Å². The molecule has 7 heteroatoms. The van der Waals surface area contributed by atoms with Gasteiger partial charge in [-0.2, -0.15) is 0 Å². The van der Waals surface area contributed by atoms with Crippen molar-refractivity contribution in [2.75, 3.05) is 38.6 Å². The standard InChI is InChI=1S/C21H30N6O/c1-24(2)18-7-5-17(6-8-18)15-25-13-14-27-20(16-25)19(22-23-27)9-10-21(28)26-11-3-4-12-26/h5-8H,3-4,9-16H2,1-2H3. The number of hydrogen-bond acceptors (Lipinski definition) is 5. The molecule has 1 saturated heterocycles. The molecule has 3 heterocycles. The van der Waals surface area contributed by atoms with E-state index >= 15 is 0 Å². The molecule has 0 bridgehead atoms. The van der Waals surface area contributed by atoms with E-state index in [-0.39, 0.29) is 5.91 Å². The van der Waals surface area contributed by atoms with E-state index < -0.39 is 0 Å². The predicted molar refractivity (Wildman–Crippen MR) is 109 cm³/mol. The highest BCUT2D eigenvalue weighted by atomic mass is 16.2. The summed E-state index contributed by atoms with van der Waals surface area (Å²) >= 11 is 0. The molecule has 28 heavy (non-hydrogen) atoms. The Labute approximate surface area is 166 Å². The van der Waals surface area contributed by atoms with Crippen LogP contribution < -0.4 is 4.90 Å². The summed E-state index contributed by atoms with van der Waals surface area (Å²) in [5.74, 6) is 0.257. The molecule has 0 aliphatic carbocycles. The average Bonchev–Trinajstić information content (AvgIpc) is 3.37. The second kappa shape index (κ2) is 8.31. The lowest BCUT2D eigenvalue weighted by molar-refractivity contribution is -0.130. The number of hydrogen-bond donors (Lipinski definition) is 0. The molecule has 1 amide bonds. The van der Waals surface area contributed by atoms with Gasteiger partial charge in [0.2, 0.25) is 5.91 Å². The van der Waals surface area contributed by atoms with Crippen LogP contribution in [0.4, 0.5) is 5.69 Å². The van der Waals surface area contributed by atoms with Crippen molar-refractivity contribution in [2.24, 2.45) is 0 Å². The van der Waals surface area contributed by atoms with Crippen molar-refractivity contribution in [1.82, 2.24) is 24.8 Å². The van der Waals surface area contributed by atoms with Gasteiger partial charge < -0.3 is 9.80 Å². The van der Waals surface area contributed by atoms with Crippen molar-refractivity contribution >= 4 is 11.6 Å². The van der Waals surface area contributed by atoms with Crippen molar-refractivity contribution in [3.8, 4) is 0 Å². The molecule has 7 nitrogen and oxygen atoms in total. The second-order valence-corrected chi connectivity index (χ2v) is 8.07. The van der Waals surface area contributed by atoms with E-state index in [1.165, 1.54) is 16.9 Å². The van der Waals surface area contributed by atoms with Gasteiger partial charge in [0, 0.05) is 65.3 Å². The van der Waals surface area contributed by atoms with E-state index in [0.717, 1.165) is 57.8 Å². The lowest BCUT2D eigenvalue weighted by Crippen LogP contribution is -2.34. The lowest BCUT2D eigenvalue weighted by atomic mass is 10.1. The molecule has 0 spiro atoms. The number of carbonyl (C=O) groups is 1. The summed E-state index contributed by atoms with van der Waals surface area (Å²) in [6, 6.07) is 8.74. The molecule has 0 atom stereocenters. The minimum Gasteiger partial charge on any atom is -0.378 e. The molecule has 0 saturated carbocycles. The van der Waals surface area contributed by atoms with Gasteiger partial charge in [-0.15, -0.1) is 5.10 Å². The monoisotopic (exact) mass is 382 g/mol. The number of rotatable bonds is 6. The summed E-state index contributed by atoms with van der Waals surface area (Å²) in [6.07, 6.45) is 3.50. The van der Waals surface area contributed by atoms with Gasteiger partial charge in [-0.25, -0.2) is 4.68 Å². The van der Waals surface area contributed by atoms with Gasteiger partial charge in [0.05, 0.1) is 17.9 Å². The van der Waals surface area contributed by atoms with Gasteiger partial charge in [-0.05, 0) is 30.5 Å². The summed E-state index contributed by atoms with van der Waals surface area (Å²) < 4.78 is 2.02. The van der Waals surface area contributed by atoms with Crippen LogP contribution in [0.25, 0.3) is 0 Å². The van der Waals surface area contributed by atoms with Crippen LogP contribution in [-0.2, 0) is 30.8 Å². The number of anilines is 1. The normalized spacial score (nSPS) is 17.0. The topological polar surface area (TPSA) is 57.5 Å². The van der Waals surface area contributed by atoms with Crippen molar-refractivity contribution < 1.29 is 4.79 Å². The largest absolute Gasteiger partial charge is 0.378 e. The minimum atomic E-state index is 0.257. The first-order valence-corrected chi connectivity index (χ1v) is 10.3. The molecule has 2 aliphatic heterocycles. The Morgan fingerprint density at radius 1 is 1.07 bits per heavy atom. The Kier molecular flexibility index (Phi) is 5.62. The molecule has 1 aromatic heterocycles. The van der Waals surface area contributed by atoms with Gasteiger partial charge in [-0.3, -0.25) is 9.69 Å². The number of carbonyl (C=O) groups excluding carboxylic acids is 1. The van der Waals surface area contributed by atoms with Gasteiger partial charge >= 0.3 is 0 Å². The van der Waals surface area contributed by atoms with E-state index in [0.29, 0.717) is 12.8 Å². The van der Waals surface area contributed by atoms with Crippen LogP contribution in [0, 0.1) is 0 Å². The quantitative estimate of drug-likeness (QED) is 0.764. The molecular weight excluding hydrogens is 352 g/mol. The Balaban J connectivity index is 1.36. The van der Waals surface area contributed by atoms with Crippen LogP contribution in [0.15, 0.2) is 24.3 Å². The smallest absolute Gasteiger partial charge is 0.222 e. The zero-order valence-corrected chi connectivity index (χ0v) is 17.0. The SMILES string of the molecule is CN(C)c1ccc(CN2CCn3nnc(CCC(=O)N4CCCC4)c3C2)cc1. The number of fused-ring (bicyclic) bond motifs is 1. The second-order valence-electron chi connectivity index (χ2n) is 8.07. The first kappa shape index (κ1) is 18.9. The maximum Gasteiger partial charge on any atom is 0.222 e. The van der Waals surface area contributed by atoms with Crippen molar-refractivity contribution in [1.29, 1.82) is 0 Å². The van der Waals surface area contributed by atoms with Gasteiger partial charge in [0.25, 0.3) is 0 Å². The van der Waals surface area contributed by atoms with Crippen LogP contribution in [0.1, 0.15) is 36.2 Å². The van der Waals surface area contributed by atoms with Crippen LogP contribution in [0.5, 0.6) is 0 Å². The number of benzene rings is 1. The van der Waals surface area contributed by atoms with E-state index in [2.05, 4.69) is 58.5 Å². The first-order valence-electron chi connectivity index (χ1n) is 10.3. The average molecular weight is 383 g/mol. The molecule has 0 unspecified atom stereocenters. The van der Waals surface area contributed by atoms with Crippen LogP contribution >= 0.6 is 0 Å². The highest BCUT2D eigenvalue weighted by Crippen LogP contribution is 2.20. The van der Waals surface area contributed by atoms with Crippen LogP contribution in [0.3, 0.4) is 0 Å². The molecule has 2 aliphatic rings. The number of likely N-dealkylation sites (tertiary alicyclic amines) is 1. The summed E-state index contributed by atoms with van der Waals surface area (Å²) in [6.45, 7) is 5.42. The number of amides is 1. The maximum absolute atomic E-state index is 12.3. The highest BCUT2D eigenvalue weighted by Gasteiger charge is 2.23. The molecule has 2 aromatic rings. The van der Waals surface area contributed by atoms with Crippen molar-refractivity contribution in [2.45, 2.75) is 45.3 Å². The molecule has 150 valence electrons. The van der Waals surface area contributed by atoms with Gasteiger partial charge in [0.1, 0.15) is 0 Å². The Hall–Kier alpha value is -2.41. The van der Waals surface area contributed by atoms with E-state index in [4.69, 9.17) is 0 Å². The summed E-state index contributed by atoms with van der Waals surface area (Å²) in [5.41, 5.74) is 4.69. The summed E-state index contributed by atoms with van der Waals surface area (Å²) in [7, 11) is 4.12. The molecule has 1 aromatic carbocycles. The third-order valence-electron chi connectivity index (χ3n) is 5.81. The van der Waals surface area contributed by atoms with Crippen LogP contribution in [-0.4, -0.2) is 64.4 Å². The highest BCUT2D eigenvalue weighted by molar-refractivity contribution is 5.76. The molecule has 0 N–H and O–H groups in total. The number of aryl methyl sites for hydroxylation is 1. The Morgan fingerprint density at radius 3 is 2.54 bits per heavy atom. The van der Waals surface area contributed by atoms with Gasteiger partial charge in [-0.1, -0.05) is 17.3 Å². The van der Waals surface area contributed by atoms with Crippen molar-refractivity contribution in [3.05, 3.63) is 41.2 Å². The fraction of sp³-hybridized carbons (Fsp3) is 0.571. The number of aromatic nitrogens is 3. The zero-order valence-electron chi connectivity index (χ0n) is 17.0. The number of nitrogens with zero attached hydrogens (tertiary/aromatic N) is 6. The maximum atomic E-state index is 12.3. The first-order chi connectivity index (χ1) is 13.6. The fourth-order valence-electron chi connectivity index (χ4n) is 4.09. The van der Waals surface area contributed by atoms with E-state index in [1.54, 1.807) is 0 Å². The summed E-state index contributed by atoms with van der Waals surface area (Å²) in [5, 5.41) is 8.69. The predicted octanol–water partition coefficient (Wildman–Crippen LogP) is 1.91. The lowest BCUT2D eigenvalue weighted by Gasteiger charge is -2.28. The van der Waals surface area contributed by atoms with Crippen LogP contribution in [0.2, 0.25) is 0 Å². The Bertz CT molecular complexity index is 807. The molecular formula is C21H30N6O. The minimum absolute atomic E-state index is 0.257. The third kappa shape index (κ3) is 4.19. The van der Waals surface area contributed by atoms with Gasteiger partial charge in [0.15, 0.2) is 0 Å². The van der Waals surface area contributed by atoms with E-state index in [1.807, 2.05) is 9.58 Å². The molecule has 1 fully saturated rings. The molecule has 0 radical (unpaired) electrons. The zero-order chi connectivity index (χ0) is 19.5. The Morgan fingerprint density at radius 2 is 1.82 bits per heavy atom. The fourth-order valence-corrected chi connectivity index (χ4v) is 4.09.